The van der Waals surface area contributed by atoms with E-state index in [1.807, 2.05) is 78.2 Å². The predicted octanol–water partition coefficient (Wildman–Crippen LogP) is 3.89. The van der Waals surface area contributed by atoms with E-state index in [-0.39, 0.29) is 24.7 Å². The van der Waals surface area contributed by atoms with Crippen LogP contribution in [0.1, 0.15) is 15.9 Å². The van der Waals surface area contributed by atoms with E-state index in [4.69, 9.17) is 5.10 Å². The van der Waals surface area contributed by atoms with E-state index in [1.165, 1.54) is 15.6 Å². The van der Waals surface area contributed by atoms with Crippen LogP contribution in [0, 0.1) is 0 Å². The second-order valence-electron chi connectivity index (χ2n) is 8.08. The molecule has 1 amide bonds. The summed E-state index contributed by atoms with van der Waals surface area (Å²) in [4.78, 5) is 16.2. The van der Waals surface area contributed by atoms with Gasteiger partial charge in [-0.3, -0.25) is 4.79 Å². The standard InChI is InChI=1S/C25H24N4O3S2/c30-25(27-13-15-28(16-14-27)34(31,32)19-20-8-3-1-4-9-20)22-18-29(21-10-5-2-6-11-21)26-24(22)23-12-7-17-33-23/h1-12,17-18H,13-16,19H2. The number of para-hydroxylation sites is 1. The normalized spacial score (nSPS) is 14.9. The molecule has 5 rings (SSSR count). The number of aromatic nitrogens is 2. The second-order valence-corrected chi connectivity index (χ2v) is 11.0. The Morgan fingerprint density at radius 1 is 0.882 bits per heavy atom. The molecule has 0 aliphatic carbocycles. The van der Waals surface area contributed by atoms with Crippen LogP contribution in [0.5, 0.6) is 0 Å². The fourth-order valence-electron chi connectivity index (χ4n) is 4.05. The topological polar surface area (TPSA) is 75.5 Å². The summed E-state index contributed by atoms with van der Waals surface area (Å²) < 4.78 is 29.0. The third kappa shape index (κ3) is 4.68. The van der Waals surface area contributed by atoms with Gasteiger partial charge in [-0.2, -0.15) is 9.40 Å². The summed E-state index contributed by atoms with van der Waals surface area (Å²) in [6.45, 7) is 1.24. The Kier molecular flexibility index (Phi) is 6.32. The third-order valence-electron chi connectivity index (χ3n) is 5.83. The Bertz CT molecular complexity index is 1360. The van der Waals surface area contributed by atoms with E-state index in [9.17, 15) is 13.2 Å². The van der Waals surface area contributed by atoms with Crippen LogP contribution in [-0.2, 0) is 15.8 Å². The SMILES string of the molecule is O=C(c1cn(-c2ccccc2)nc1-c1cccs1)N1CCN(S(=O)(=O)Cc2ccccc2)CC1. The zero-order valence-electron chi connectivity index (χ0n) is 18.4. The lowest BCUT2D eigenvalue weighted by Crippen LogP contribution is -2.50. The van der Waals surface area contributed by atoms with Crippen LogP contribution in [0.2, 0.25) is 0 Å². The number of rotatable bonds is 6. The average Bonchev–Trinajstić information content (AvgIpc) is 3.55. The molecule has 1 aliphatic heterocycles. The van der Waals surface area contributed by atoms with Crippen molar-refractivity contribution in [1.29, 1.82) is 0 Å². The van der Waals surface area contributed by atoms with Crippen LogP contribution in [-0.4, -0.2) is 59.5 Å². The van der Waals surface area contributed by atoms with Gasteiger partial charge in [-0.25, -0.2) is 13.1 Å². The van der Waals surface area contributed by atoms with Crippen LogP contribution in [0.3, 0.4) is 0 Å². The number of sulfonamides is 1. The number of nitrogens with zero attached hydrogens (tertiary/aromatic N) is 4. The van der Waals surface area contributed by atoms with Gasteiger partial charge >= 0.3 is 0 Å². The number of thiophene rings is 1. The van der Waals surface area contributed by atoms with Crippen molar-refractivity contribution >= 4 is 27.3 Å². The van der Waals surface area contributed by atoms with E-state index in [2.05, 4.69) is 0 Å². The van der Waals surface area contributed by atoms with Crippen molar-refractivity contribution in [3.05, 3.63) is 95.5 Å². The summed E-state index contributed by atoms with van der Waals surface area (Å²) in [6, 6.07) is 22.7. The monoisotopic (exact) mass is 492 g/mol. The molecule has 4 aromatic rings. The Morgan fingerprint density at radius 2 is 1.56 bits per heavy atom. The molecule has 1 saturated heterocycles. The smallest absolute Gasteiger partial charge is 0.257 e. The summed E-state index contributed by atoms with van der Waals surface area (Å²) in [5.74, 6) is -0.167. The summed E-state index contributed by atoms with van der Waals surface area (Å²) in [6.07, 6.45) is 1.77. The fourth-order valence-corrected chi connectivity index (χ4v) is 6.29. The Labute approximate surface area is 202 Å². The van der Waals surface area contributed by atoms with Gasteiger partial charge in [0.2, 0.25) is 10.0 Å². The Morgan fingerprint density at radius 3 is 2.21 bits per heavy atom. The molecule has 2 aromatic carbocycles. The molecule has 1 aliphatic rings. The van der Waals surface area contributed by atoms with Gasteiger partial charge in [-0.05, 0) is 29.1 Å². The van der Waals surface area contributed by atoms with Crippen molar-refractivity contribution in [3.8, 4) is 16.3 Å². The number of piperazine rings is 1. The van der Waals surface area contributed by atoms with Crippen LogP contribution in [0.25, 0.3) is 16.3 Å². The molecule has 9 heteroatoms. The molecular weight excluding hydrogens is 468 g/mol. The first kappa shape index (κ1) is 22.5. The van der Waals surface area contributed by atoms with Gasteiger partial charge in [0, 0.05) is 32.4 Å². The van der Waals surface area contributed by atoms with E-state index in [0.29, 0.717) is 24.3 Å². The molecule has 34 heavy (non-hydrogen) atoms. The van der Waals surface area contributed by atoms with Crippen molar-refractivity contribution in [3.63, 3.8) is 0 Å². The molecule has 0 spiro atoms. The highest BCUT2D eigenvalue weighted by Gasteiger charge is 2.31. The maximum Gasteiger partial charge on any atom is 0.257 e. The zero-order chi connectivity index (χ0) is 23.5. The summed E-state index contributed by atoms with van der Waals surface area (Å²) >= 11 is 1.53. The Balaban J connectivity index is 1.34. The quantitative estimate of drug-likeness (QED) is 0.409. The first-order chi connectivity index (χ1) is 16.5. The summed E-state index contributed by atoms with van der Waals surface area (Å²) in [5, 5.41) is 6.67. The maximum atomic E-state index is 13.5. The third-order valence-corrected chi connectivity index (χ3v) is 8.56. The van der Waals surface area contributed by atoms with Crippen molar-refractivity contribution in [2.75, 3.05) is 26.2 Å². The summed E-state index contributed by atoms with van der Waals surface area (Å²) in [7, 11) is -3.45. The van der Waals surface area contributed by atoms with Gasteiger partial charge in [0.05, 0.1) is 21.9 Å². The number of carbonyl (C=O) groups is 1. The lowest BCUT2D eigenvalue weighted by Gasteiger charge is -2.34. The number of amides is 1. The minimum atomic E-state index is -3.45. The van der Waals surface area contributed by atoms with Crippen LogP contribution >= 0.6 is 11.3 Å². The number of hydrogen-bond donors (Lipinski definition) is 0. The zero-order valence-corrected chi connectivity index (χ0v) is 20.1. The van der Waals surface area contributed by atoms with Gasteiger partial charge in [-0.15, -0.1) is 11.3 Å². The molecule has 7 nitrogen and oxygen atoms in total. The molecule has 0 saturated carbocycles. The molecular formula is C25H24N4O3S2. The van der Waals surface area contributed by atoms with E-state index in [0.717, 1.165) is 16.1 Å². The van der Waals surface area contributed by atoms with Gasteiger partial charge in [0.15, 0.2) is 0 Å². The lowest BCUT2D eigenvalue weighted by atomic mass is 10.2. The average molecular weight is 493 g/mol. The molecule has 2 aromatic heterocycles. The number of benzene rings is 2. The Hall–Kier alpha value is -3.27. The molecule has 174 valence electrons. The maximum absolute atomic E-state index is 13.5. The molecule has 0 radical (unpaired) electrons. The van der Waals surface area contributed by atoms with Gasteiger partial charge in [0.25, 0.3) is 5.91 Å². The van der Waals surface area contributed by atoms with E-state index in [1.54, 1.807) is 15.8 Å². The first-order valence-electron chi connectivity index (χ1n) is 11.0. The molecule has 3 heterocycles. The minimum Gasteiger partial charge on any atom is -0.336 e. The second kappa shape index (κ2) is 9.54. The largest absolute Gasteiger partial charge is 0.336 e. The lowest BCUT2D eigenvalue weighted by molar-refractivity contribution is 0.0698. The fraction of sp³-hybridized carbons (Fsp3) is 0.200. The number of hydrogen-bond acceptors (Lipinski definition) is 5. The van der Waals surface area contributed by atoms with Crippen LogP contribution in [0.4, 0.5) is 0 Å². The van der Waals surface area contributed by atoms with Crippen molar-refractivity contribution < 1.29 is 13.2 Å². The highest BCUT2D eigenvalue weighted by atomic mass is 32.2. The highest BCUT2D eigenvalue weighted by Crippen LogP contribution is 2.29. The van der Waals surface area contributed by atoms with Crippen molar-refractivity contribution in [2.24, 2.45) is 0 Å². The molecule has 0 N–H and O–H groups in total. The minimum absolute atomic E-state index is 0.0336. The molecule has 0 atom stereocenters. The molecule has 0 bridgehead atoms. The van der Waals surface area contributed by atoms with Crippen molar-refractivity contribution in [2.45, 2.75) is 5.75 Å². The molecule has 1 fully saturated rings. The van der Waals surface area contributed by atoms with Crippen LogP contribution in [0.15, 0.2) is 84.4 Å². The predicted molar refractivity (Wildman–Crippen MR) is 133 cm³/mol. The van der Waals surface area contributed by atoms with Crippen LogP contribution < -0.4 is 0 Å². The van der Waals surface area contributed by atoms with Gasteiger partial charge in [-0.1, -0.05) is 54.6 Å². The summed E-state index contributed by atoms with van der Waals surface area (Å²) in [5.41, 5.74) is 2.79. The highest BCUT2D eigenvalue weighted by molar-refractivity contribution is 7.88. The van der Waals surface area contributed by atoms with Gasteiger partial charge < -0.3 is 4.90 Å². The van der Waals surface area contributed by atoms with Crippen molar-refractivity contribution in [1.82, 2.24) is 19.0 Å². The first-order valence-corrected chi connectivity index (χ1v) is 13.5. The number of carbonyl (C=O) groups excluding carboxylic acids is 1. The van der Waals surface area contributed by atoms with Gasteiger partial charge in [0.1, 0.15) is 5.69 Å². The van der Waals surface area contributed by atoms with E-state index < -0.39 is 10.0 Å². The van der Waals surface area contributed by atoms with E-state index >= 15 is 0 Å². The molecule has 0 unspecified atom stereocenters.